The van der Waals surface area contributed by atoms with Crippen LogP contribution in [0, 0.1) is 0 Å². The van der Waals surface area contributed by atoms with Gasteiger partial charge in [0.25, 0.3) is 0 Å². The first kappa shape index (κ1) is 20.3. The van der Waals surface area contributed by atoms with E-state index in [1.54, 1.807) is 27.9 Å². The van der Waals surface area contributed by atoms with Crippen molar-refractivity contribution in [3.8, 4) is 16.9 Å². The number of hydrogen-bond donors (Lipinski definition) is 2. The van der Waals surface area contributed by atoms with Gasteiger partial charge in [0.2, 0.25) is 0 Å². The Morgan fingerprint density at radius 1 is 1.07 bits per heavy atom. The van der Waals surface area contributed by atoms with E-state index in [0.29, 0.717) is 0 Å². The van der Waals surface area contributed by atoms with Gasteiger partial charge in [-0.05, 0) is 49.6 Å². The number of rotatable bonds is 6. The topological polar surface area (TPSA) is 84.9 Å². The quantitative estimate of drug-likeness (QED) is 0.805. The van der Waals surface area contributed by atoms with Gasteiger partial charge in [0.1, 0.15) is 17.4 Å². The summed E-state index contributed by atoms with van der Waals surface area (Å²) in [5.41, 5.74) is 2.10. The molecule has 144 valence electrons. The fourth-order valence-electron chi connectivity index (χ4n) is 2.52. The van der Waals surface area contributed by atoms with Crippen LogP contribution in [-0.4, -0.2) is 35.9 Å². The van der Waals surface area contributed by atoms with Gasteiger partial charge >= 0.3 is 12.1 Å². The van der Waals surface area contributed by atoms with Gasteiger partial charge in [0, 0.05) is 6.42 Å². The number of aliphatic carboxylic acids is 1. The Labute approximate surface area is 159 Å². The van der Waals surface area contributed by atoms with Crippen LogP contribution in [0.25, 0.3) is 11.1 Å². The Morgan fingerprint density at radius 3 is 2.30 bits per heavy atom. The van der Waals surface area contributed by atoms with E-state index in [9.17, 15) is 14.7 Å². The largest absolute Gasteiger partial charge is 0.497 e. The molecule has 27 heavy (non-hydrogen) atoms. The highest BCUT2D eigenvalue weighted by molar-refractivity contribution is 5.80. The maximum Gasteiger partial charge on any atom is 0.408 e. The van der Waals surface area contributed by atoms with Crippen LogP contribution in [0.2, 0.25) is 0 Å². The Hall–Kier alpha value is -3.02. The van der Waals surface area contributed by atoms with Crippen molar-refractivity contribution in [1.82, 2.24) is 5.32 Å². The lowest BCUT2D eigenvalue weighted by Gasteiger charge is -2.22. The van der Waals surface area contributed by atoms with Crippen LogP contribution in [0.3, 0.4) is 0 Å². The van der Waals surface area contributed by atoms with Crippen molar-refractivity contribution in [2.24, 2.45) is 0 Å². The number of ether oxygens (including phenoxy) is 2. The molecule has 6 heteroatoms. The molecule has 0 bridgehead atoms. The predicted molar refractivity (Wildman–Crippen MR) is 103 cm³/mol. The molecule has 2 aromatic carbocycles. The van der Waals surface area contributed by atoms with Crippen molar-refractivity contribution in [2.75, 3.05) is 7.11 Å². The van der Waals surface area contributed by atoms with Gasteiger partial charge in [0.05, 0.1) is 7.11 Å². The minimum absolute atomic E-state index is 0.160. The molecule has 1 amide bonds. The summed E-state index contributed by atoms with van der Waals surface area (Å²) >= 11 is 0. The van der Waals surface area contributed by atoms with Crippen molar-refractivity contribution >= 4 is 12.1 Å². The van der Waals surface area contributed by atoms with Crippen LogP contribution < -0.4 is 10.1 Å². The van der Waals surface area contributed by atoms with E-state index in [1.807, 2.05) is 48.5 Å². The minimum atomic E-state index is -1.11. The Morgan fingerprint density at radius 2 is 1.74 bits per heavy atom. The monoisotopic (exact) mass is 371 g/mol. The Bertz CT molecular complexity index is 793. The van der Waals surface area contributed by atoms with Crippen LogP contribution in [0.5, 0.6) is 5.75 Å². The van der Waals surface area contributed by atoms with Crippen molar-refractivity contribution in [2.45, 2.75) is 38.8 Å². The zero-order chi connectivity index (χ0) is 20.0. The first-order valence-electron chi connectivity index (χ1n) is 8.63. The molecule has 2 rings (SSSR count). The van der Waals surface area contributed by atoms with E-state index in [4.69, 9.17) is 9.47 Å². The molecule has 0 saturated carbocycles. The van der Waals surface area contributed by atoms with Gasteiger partial charge in [-0.1, -0.05) is 36.4 Å². The first-order valence-corrected chi connectivity index (χ1v) is 8.63. The standard InChI is InChI=1S/C21H25NO5/c1-21(2,3)27-20(25)22-18(19(23)24)12-14-8-10-15(11-9-14)16-6-5-7-17(13-16)26-4/h5-11,13,18H,12H2,1-4H3,(H,22,25)(H,23,24)/t18-/m0/s1. The molecule has 2 aromatic rings. The number of carboxylic acid groups (broad SMARTS) is 1. The number of carbonyl (C=O) groups excluding carboxylic acids is 1. The molecule has 2 N–H and O–H groups in total. The van der Waals surface area contributed by atoms with E-state index in [-0.39, 0.29) is 6.42 Å². The second kappa shape index (κ2) is 8.58. The summed E-state index contributed by atoms with van der Waals surface area (Å²) < 4.78 is 10.4. The van der Waals surface area contributed by atoms with Crippen molar-refractivity contribution in [3.63, 3.8) is 0 Å². The third kappa shape index (κ3) is 6.33. The maximum absolute atomic E-state index is 11.9. The average molecular weight is 371 g/mol. The number of alkyl carbamates (subject to hydrolysis) is 1. The number of carbonyl (C=O) groups is 2. The van der Waals surface area contributed by atoms with Gasteiger partial charge in [0.15, 0.2) is 0 Å². The molecule has 0 aromatic heterocycles. The van der Waals surface area contributed by atoms with Gasteiger partial charge in [-0.25, -0.2) is 9.59 Å². The van der Waals surface area contributed by atoms with Crippen LogP contribution in [0.4, 0.5) is 4.79 Å². The number of benzene rings is 2. The van der Waals surface area contributed by atoms with Crippen LogP contribution >= 0.6 is 0 Å². The zero-order valence-corrected chi connectivity index (χ0v) is 16.0. The van der Waals surface area contributed by atoms with E-state index in [2.05, 4.69) is 5.32 Å². The fraction of sp³-hybridized carbons (Fsp3) is 0.333. The van der Waals surface area contributed by atoms with E-state index >= 15 is 0 Å². The summed E-state index contributed by atoms with van der Waals surface area (Å²) in [6.45, 7) is 5.17. The van der Waals surface area contributed by atoms with Gasteiger partial charge in [-0.2, -0.15) is 0 Å². The molecule has 0 fully saturated rings. The lowest BCUT2D eigenvalue weighted by molar-refractivity contribution is -0.139. The first-order chi connectivity index (χ1) is 12.7. The van der Waals surface area contributed by atoms with Crippen molar-refractivity contribution < 1.29 is 24.2 Å². The summed E-state index contributed by atoms with van der Waals surface area (Å²) in [4.78, 5) is 23.3. The number of hydrogen-bond acceptors (Lipinski definition) is 4. The van der Waals surface area contributed by atoms with Gasteiger partial charge < -0.3 is 19.9 Å². The normalized spacial score (nSPS) is 12.1. The number of carboxylic acids is 1. The van der Waals surface area contributed by atoms with Crippen molar-refractivity contribution in [1.29, 1.82) is 0 Å². The number of nitrogens with one attached hydrogen (secondary N) is 1. The Balaban J connectivity index is 2.08. The van der Waals surface area contributed by atoms with Crippen LogP contribution in [-0.2, 0) is 16.0 Å². The summed E-state index contributed by atoms with van der Waals surface area (Å²) in [6.07, 6.45) is -0.588. The number of methoxy groups -OCH3 is 1. The molecule has 6 nitrogen and oxygen atoms in total. The maximum atomic E-state index is 11.9. The second-order valence-corrected chi connectivity index (χ2v) is 7.17. The molecule has 0 saturated heterocycles. The highest BCUT2D eigenvalue weighted by Crippen LogP contribution is 2.24. The average Bonchev–Trinajstić information content (AvgIpc) is 2.60. The lowest BCUT2D eigenvalue weighted by Crippen LogP contribution is -2.44. The molecule has 0 spiro atoms. The molecule has 0 unspecified atom stereocenters. The van der Waals surface area contributed by atoms with Crippen molar-refractivity contribution in [3.05, 3.63) is 54.1 Å². The molecular weight excluding hydrogens is 346 g/mol. The van der Waals surface area contributed by atoms with Crippen LogP contribution in [0.1, 0.15) is 26.3 Å². The van der Waals surface area contributed by atoms with Gasteiger partial charge in [-0.15, -0.1) is 0 Å². The van der Waals surface area contributed by atoms with E-state index < -0.39 is 23.7 Å². The molecule has 0 aliphatic rings. The zero-order valence-electron chi connectivity index (χ0n) is 16.0. The van der Waals surface area contributed by atoms with E-state index in [1.165, 1.54) is 0 Å². The van der Waals surface area contributed by atoms with Crippen LogP contribution in [0.15, 0.2) is 48.5 Å². The predicted octanol–water partition coefficient (Wildman–Crippen LogP) is 3.88. The summed E-state index contributed by atoms with van der Waals surface area (Å²) in [5, 5.41) is 11.8. The molecule has 1 atom stereocenters. The second-order valence-electron chi connectivity index (χ2n) is 7.17. The fourth-order valence-corrected chi connectivity index (χ4v) is 2.52. The summed E-state index contributed by atoms with van der Waals surface area (Å²) in [7, 11) is 1.62. The third-order valence-corrected chi connectivity index (χ3v) is 3.79. The molecule has 0 heterocycles. The SMILES string of the molecule is COc1cccc(-c2ccc(C[C@H](NC(=O)OC(C)(C)C)C(=O)O)cc2)c1. The summed E-state index contributed by atoms with van der Waals surface area (Å²) in [5.74, 6) is -0.346. The minimum Gasteiger partial charge on any atom is -0.497 e. The lowest BCUT2D eigenvalue weighted by atomic mass is 10.0. The highest BCUT2D eigenvalue weighted by Gasteiger charge is 2.24. The molecular formula is C21H25NO5. The molecule has 0 radical (unpaired) electrons. The molecule has 0 aliphatic carbocycles. The highest BCUT2D eigenvalue weighted by atomic mass is 16.6. The third-order valence-electron chi connectivity index (χ3n) is 3.79. The van der Waals surface area contributed by atoms with E-state index in [0.717, 1.165) is 22.4 Å². The Kier molecular flexibility index (Phi) is 6.45. The summed E-state index contributed by atoms with van der Waals surface area (Å²) in [6, 6.07) is 14.1. The number of amides is 1. The molecule has 0 aliphatic heterocycles. The smallest absolute Gasteiger partial charge is 0.408 e. The van der Waals surface area contributed by atoms with Gasteiger partial charge in [-0.3, -0.25) is 0 Å².